The van der Waals surface area contributed by atoms with Gasteiger partial charge in [-0.1, -0.05) is 91.0 Å². The number of hydrogen-bond donors (Lipinski definition) is 2. The zero-order valence-corrected chi connectivity index (χ0v) is 19.8. The largest absolute Gasteiger partial charge is 0.390 e. The fourth-order valence-corrected chi connectivity index (χ4v) is 6.99. The SMILES string of the molecule is CN1C(=O)CCC1C(O)C1C(=O)NC1SC(c1ccccc1)(c1ccccc1)c1ccccc1. The van der Waals surface area contributed by atoms with E-state index in [1.54, 1.807) is 23.7 Å². The van der Waals surface area contributed by atoms with E-state index < -0.39 is 16.8 Å². The molecule has 4 atom stereocenters. The summed E-state index contributed by atoms with van der Waals surface area (Å²) in [4.78, 5) is 26.4. The van der Waals surface area contributed by atoms with E-state index in [-0.39, 0.29) is 23.2 Å². The lowest BCUT2D eigenvalue weighted by molar-refractivity contribution is -0.142. The van der Waals surface area contributed by atoms with Crippen molar-refractivity contribution in [2.24, 2.45) is 5.92 Å². The summed E-state index contributed by atoms with van der Waals surface area (Å²) in [7, 11) is 1.71. The summed E-state index contributed by atoms with van der Waals surface area (Å²) in [6, 6.07) is 30.5. The normalized spacial score (nSPS) is 23.4. The van der Waals surface area contributed by atoms with Crippen LogP contribution in [0.4, 0.5) is 0 Å². The Hall–Kier alpha value is -3.09. The van der Waals surface area contributed by atoms with Crippen molar-refractivity contribution in [1.82, 2.24) is 10.2 Å². The van der Waals surface area contributed by atoms with Gasteiger partial charge in [0, 0.05) is 13.5 Å². The van der Waals surface area contributed by atoms with Crippen molar-refractivity contribution in [3.63, 3.8) is 0 Å². The number of carbonyl (C=O) groups is 2. The molecule has 34 heavy (non-hydrogen) atoms. The Balaban J connectivity index is 1.58. The van der Waals surface area contributed by atoms with E-state index >= 15 is 0 Å². The molecule has 2 aliphatic rings. The standard InChI is InChI=1S/C28H28N2O3S/c1-30-22(17-18-23(30)31)25(32)24-26(33)29-27(24)34-28(19-11-5-2-6-12-19,20-13-7-3-8-14-20)21-15-9-4-10-16-21/h2-16,22,24-25,27,32H,17-18H2,1H3,(H,29,33). The minimum absolute atomic E-state index is 0.0141. The van der Waals surface area contributed by atoms with Gasteiger partial charge in [-0.15, -0.1) is 11.8 Å². The number of nitrogens with one attached hydrogen (secondary N) is 1. The number of aliphatic hydroxyl groups excluding tert-OH is 1. The number of likely N-dealkylation sites (tertiary alicyclic amines) is 1. The summed E-state index contributed by atoms with van der Waals surface area (Å²) in [6.07, 6.45) is 0.0633. The van der Waals surface area contributed by atoms with E-state index in [0.717, 1.165) is 16.7 Å². The number of thioether (sulfide) groups is 1. The maximum absolute atomic E-state index is 12.7. The molecule has 4 unspecified atom stereocenters. The Kier molecular flexibility index (Phi) is 6.19. The predicted molar refractivity (Wildman–Crippen MR) is 134 cm³/mol. The van der Waals surface area contributed by atoms with E-state index in [1.807, 2.05) is 54.6 Å². The molecule has 3 aromatic carbocycles. The second-order valence-electron chi connectivity index (χ2n) is 8.95. The smallest absolute Gasteiger partial charge is 0.229 e. The van der Waals surface area contributed by atoms with Gasteiger partial charge in [0.15, 0.2) is 0 Å². The van der Waals surface area contributed by atoms with Gasteiger partial charge >= 0.3 is 0 Å². The van der Waals surface area contributed by atoms with Crippen LogP contribution in [0.3, 0.4) is 0 Å². The second-order valence-corrected chi connectivity index (χ2v) is 10.3. The molecule has 0 saturated carbocycles. The number of hydrogen-bond acceptors (Lipinski definition) is 4. The fraction of sp³-hybridized carbons (Fsp3) is 0.286. The summed E-state index contributed by atoms with van der Waals surface area (Å²) in [5.41, 5.74) is 3.29. The van der Waals surface area contributed by atoms with Crippen LogP contribution in [0.1, 0.15) is 29.5 Å². The molecule has 2 aliphatic heterocycles. The van der Waals surface area contributed by atoms with Gasteiger partial charge in [0.05, 0.1) is 28.2 Å². The molecule has 2 heterocycles. The van der Waals surface area contributed by atoms with Gasteiger partial charge in [-0.3, -0.25) is 9.59 Å². The van der Waals surface area contributed by atoms with Crippen LogP contribution in [0.5, 0.6) is 0 Å². The number of carbonyl (C=O) groups excluding carboxylic acids is 2. The number of benzene rings is 3. The molecule has 2 N–H and O–H groups in total. The van der Waals surface area contributed by atoms with Gasteiger partial charge in [0.1, 0.15) is 0 Å². The molecule has 6 heteroatoms. The molecule has 5 rings (SSSR count). The number of amides is 2. The molecule has 0 aromatic heterocycles. The fourth-order valence-electron chi connectivity index (χ4n) is 5.18. The highest BCUT2D eigenvalue weighted by Crippen LogP contribution is 2.52. The molecule has 3 aromatic rings. The predicted octanol–water partition coefficient (Wildman–Crippen LogP) is 3.77. The number of aliphatic hydroxyl groups is 1. The summed E-state index contributed by atoms with van der Waals surface area (Å²) in [6.45, 7) is 0. The maximum Gasteiger partial charge on any atom is 0.229 e. The highest BCUT2D eigenvalue weighted by molar-refractivity contribution is 8.01. The van der Waals surface area contributed by atoms with E-state index in [9.17, 15) is 14.7 Å². The van der Waals surface area contributed by atoms with Crippen molar-refractivity contribution in [2.75, 3.05) is 7.05 Å². The monoisotopic (exact) mass is 472 g/mol. The molecule has 2 amide bonds. The first-order valence-electron chi connectivity index (χ1n) is 11.6. The van der Waals surface area contributed by atoms with Crippen LogP contribution < -0.4 is 5.32 Å². The lowest BCUT2D eigenvalue weighted by Crippen LogP contribution is -2.64. The molecule has 174 valence electrons. The van der Waals surface area contributed by atoms with E-state index in [1.165, 1.54) is 0 Å². The maximum atomic E-state index is 12.7. The molecule has 0 spiro atoms. The molecular formula is C28H28N2O3S. The third kappa shape index (κ3) is 3.81. The van der Waals surface area contributed by atoms with Gasteiger partial charge in [0.2, 0.25) is 11.8 Å². The Labute approximate surface area is 204 Å². The quantitative estimate of drug-likeness (QED) is 0.406. The average molecular weight is 473 g/mol. The first-order chi connectivity index (χ1) is 16.5. The number of β-lactam (4-membered cyclic amide) rings is 1. The molecule has 2 saturated heterocycles. The Morgan fingerprint density at radius 3 is 1.74 bits per heavy atom. The number of nitrogens with zero attached hydrogens (tertiary/aromatic N) is 1. The van der Waals surface area contributed by atoms with Crippen molar-refractivity contribution in [1.29, 1.82) is 0 Å². The topological polar surface area (TPSA) is 69.6 Å². The lowest BCUT2D eigenvalue weighted by atomic mass is 9.84. The van der Waals surface area contributed by atoms with Crippen molar-refractivity contribution in [3.05, 3.63) is 108 Å². The zero-order valence-electron chi connectivity index (χ0n) is 19.0. The van der Waals surface area contributed by atoms with Crippen LogP contribution >= 0.6 is 11.8 Å². The van der Waals surface area contributed by atoms with E-state index in [4.69, 9.17) is 0 Å². The van der Waals surface area contributed by atoms with Crippen molar-refractivity contribution in [3.8, 4) is 0 Å². The van der Waals surface area contributed by atoms with Gasteiger partial charge < -0.3 is 15.3 Å². The van der Waals surface area contributed by atoms with Crippen molar-refractivity contribution >= 4 is 23.6 Å². The molecule has 2 fully saturated rings. The Bertz CT molecular complexity index is 1060. The summed E-state index contributed by atoms with van der Waals surface area (Å²) in [5, 5.41) is 14.0. The summed E-state index contributed by atoms with van der Waals surface area (Å²) >= 11 is 1.64. The van der Waals surface area contributed by atoms with Gasteiger partial charge in [-0.05, 0) is 23.1 Å². The van der Waals surface area contributed by atoms with E-state index in [2.05, 4.69) is 41.7 Å². The van der Waals surface area contributed by atoms with Crippen molar-refractivity contribution in [2.45, 2.75) is 35.1 Å². The molecule has 0 bridgehead atoms. The van der Waals surface area contributed by atoms with E-state index in [0.29, 0.717) is 12.8 Å². The van der Waals surface area contributed by atoms with Crippen LogP contribution in [-0.4, -0.2) is 46.4 Å². The minimum Gasteiger partial charge on any atom is -0.390 e. The Morgan fingerprint density at radius 1 is 0.882 bits per heavy atom. The van der Waals surface area contributed by atoms with Crippen LogP contribution in [0.2, 0.25) is 0 Å². The van der Waals surface area contributed by atoms with Crippen LogP contribution in [0.25, 0.3) is 0 Å². The molecule has 0 aliphatic carbocycles. The summed E-state index contributed by atoms with van der Waals surface area (Å²) in [5.74, 6) is -0.750. The van der Waals surface area contributed by atoms with Crippen LogP contribution in [0, 0.1) is 5.92 Å². The highest BCUT2D eigenvalue weighted by atomic mass is 32.2. The van der Waals surface area contributed by atoms with Crippen LogP contribution in [0.15, 0.2) is 91.0 Å². The third-order valence-corrected chi connectivity index (χ3v) is 8.79. The molecule has 0 radical (unpaired) electrons. The first kappa shape index (κ1) is 22.7. The van der Waals surface area contributed by atoms with Gasteiger partial charge in [0.25, 0.3) is 0 Å². The average Bonchev–Trinajstić information content (AvgIpc) is 3.21. The Morgan fingerprint density at radius 2 is 1.35 bits per heavy atom. The second kappa shape index (κ2) is 9.28. The molecule has 5 nitrogen and oxygen atoms in total. The summed E-state index contributed by atoms with van der Waals surface area (Å²) < 4.78 is -0.600. The third-order valence-electron chi connectivity index (χ3n) is 7.07. The first-order valence-corrected chi connectivity index (χ1v) is 12.5. The molecular weight excluding hydrogens is 444 g/mol. The number of likely N-dealkylation sites (N-methyl/N-ethyl adjacent to an activating group) is 1. The van der Waals surface area contributed by atoms with Crippen molar-refractivity contribution < 1.29 is 14.7 Å². The van der Waals surface area contributed by atoms with Gasteiger partial charge in [-0.25, -0.2) is 0 Å². The minimum atomic E-state index is -0.914. The lowest BCUT2D eigenvalue weighted by Gasteiger charge is -2.47. The van der Waals surface area contributed by atoms with Crippen LogP contribution in [-0.2, 0) is 14.3 Å². The van der Waals surface area contributed by atoms with Gasteiger partial charge in [-0.2, -0.15) is 0 Å². The number of rotatable bonds is 7. The zero-order chi connectivity index (χ0) is 23.7. The highest BCUT2D eigenvalue weighted by Gasteiger charge is 2.53.